The van der Waals surface area contributed by atoms with Gasteiger partial charge in [-0.15, -0.1) is 0 Å². The van der Waals surface area contributed by atoms with Crippen molar-refractivity contribution in [3.8, 4) is 0 Å². The smallest absolute Gasteiger partial charge is 0.336 e. The Bertz CT molecular complexity index is 713. The third kappa shape index (κ3) is 4.76. The molecule has 1 aliphatic carbocycles. The first-order chi connectivity index (χ1) is 14.2. The van der Waals surface area contributed by atoms with E-state index in [2.05, 4.69) is 0 Å². The molecule has 0 bridgehead atoms. The van der Waals surface area contributed by atoms with Gasteiger partial charge in [0.05, 0.1) is 12.5 Å². The van der Waals surface area contributed by atoms with E-state index in [4.69, 9.17) is 14.2 Å². The fourth-order valence-electron chi connectivity index (χ4n) is 4.15. The van der Waals surface area contributed by atoms with Gasteiger partial charge in [-0.25, -0.2) is 4.79 Å². The van der Waals surface area contributed by atoms with Crippen molar-refractivity contribution in [2.24, 2.45) is 11.8 Å². The van der Waals surface area contributed by atoms with Crippen LogP contribution in [0.3, 0.4) is 0 Å². The molecule has 0 amide bonds. The van der Waals surface area contributed by atoms with E-state index in [9.17, 15) is 30.0 Å². The number of aliphatic hydroxyl groups excluding tert-OH is 4. The Kier molecular flexibility index (Phi) is 7.30. The molecule has 9 nitrogen and oxygen atoms in total. The summed E-state index contributed by atoms with van der Waals surface area (Å²) in [5, 5.41) is 39.1. The maximum absolute atomic E-state index is 12.8. The molecule has 9 heteroatoms. The number of aliphatic hydroxyl groups is 4. The number of ether oxygens (including phenoxy) is 3. The normalized spacial score (nSPS) is 41.7. The minimum atomic E-state index is -1.65. The fourth-order valence-corrected chi connectivity index (χ4v) is 4.15. The second kappa shape index (κ2) is 9.57. The quantitative estimate of drug-likeness (QED) is 0.361. The first-order valence-electron chi connectivity index (χ1n) is 10.3. The lowest BCUT2D eigenvalue weighted by molar-refractivity contribution is -0.291. The summed E-state index contributed by atoms with van der Waals surface area (Å²) in [6.07, 6.45) is -1.87. The predicted molar refractivity (Wildman–Crippen MR) is 103 cm³/mol. The number of carbonyl (C=O) groups is 2. The minimum absolute atomic E-state index is 0.0611. The monoisotopic (exact) mass is 426 g/mol. The van der Waals surface area contributed by atoms with Crippen LogP contribution in [0.25, 0.3) is 0 Å². The lowest BCUT2D eigenvalue weighted by Crippen LogP contribution is -2.59. The van der Waals surface area contributed by atoms with Crippen LogP contribution in [0.1, 0.15) is 39.5 Å². The van der Waals surface area contributed by atoms with Gasteiger partial charge in [-0.3, -0.25) is 4.79 Å². The number of fused-ring (bicyclic) bond motifs is 1. The number of rotatable bonds is 3. The van der Waals surface area contributed by atoms with Crippen LogP contribution in [-0.4, -0.2) is 75.8 Å². The van der Waals surface area contributed by atoms with Crippen molar-refractivity contribution < 1.29 is 44.2 Å². The highest BCUT2D eigenvalue weighted by molar-refractivity contribution is 5.88. The summed E-state index contributed by atoms with van der Waals surface area (Å²) >= 11 is 0. The second-order valence-corrected chi connectivity index (χ2v) is 8.28. The maximum Gasteiger partial charge on any atom is 0.336 e. The maximum atomic E-state index is 12.8. The molecule has 0 radical (unpaired) electrons. The zero-order valence-electron chi connectivity index (χ0n) is 17.1. The number of hydrogen-bond donors (Lipinski definition) is 4. The fraction of sp³-hybridized carbons (Fsp3) is 0.714. The van der Waals surface area contributed by atoms with Crippen molar-refractivity contribution in [3.63, 3.8) is 0 Å². The Hall–Kier alpha value is -1.78. The molecule has 2 fully saturated rings. The first kappa shape index (κ1) is 22.9. The molecule has 4 N–H and O–H groups in total. The number of allylic oxidation sites excluding steroid dienone is 2. The highest BCUT2D eigenvalue weighted by Crippen LogP contribution is 2.35. The molecular weight excluding hydrogens is 396 g/mol. The van der Waals surface area contributed by atoms with E-state index < -0.39 is 43.3 Å². The molecule has 0 aromatic heterocycles. The summed E-state index contributed by atoms with van der Waals surface area (Å²) in [6.45, 7) is 3.16. The molecule has 0 unspecified atom stereocenters. The Morgan fingerprint density at radius 1 is 1.20 bits per heavy atom. The Morgan fingerprint density at radius 3 is 2.63 bits per heavy atom. The highest BCUT2D eigenvalue weighted by atomic mass is 16.7. The summed E-state index contributed by atoms with van der Waals surface area (Å²) in [5.41, 5.74) is 1.44. The van der Waals surface area contributed by atoms with Crippen molar-refractivity contribution in [1.82, 2.24) is 0 Å². The van der Waals surface area contributed by atoms with Gasteiger partial charge in [0.2, 0.25) is 6.29 Å². The summed E-state index contributed by atoms with van der Waals surface area (Å²) in [6, 6.07) is 0. The van der Waals surface area contributed by atoms with E-state index in [1.165, 1.54) is 0 Å². The first-order valence-corrected chi connectivity index (χ1v) is 10.3. The average Bonchev–Trinajstić information content (AvgIpc) is 2.97. The SMILES string of the molecule is C/C1=C\[C@H]2OC(=O)[C@@H](C)[C@@H]2CCC(C(=O)O[C@@H]2O[C@H](CO)[C@@H](O)[C@H](O)[C@H]2O)=CCC1. The van der Waals surface area contributed by atoms with Crippen LogP contribution in [0.2, 0.25) is 0 Å². The lowest BCUT2D eigenvalue weighted by atomic mass is 9.84. The molecule has 2 aliphatic heterocycles. The van der Waals surface area contributed by atoms with Crippen LogP contribution in [0.5, 0.6) is 0 Å². The molecule has 0 aromatic carbocycles. The van der Waals surface area contributed by atoms with E-state index in [0.29, 0.717) is 31.3 Å². The van der Waals surface area contributed by atoms with Crippen LogP contribution >= 0.6 is 0 Å². The predicted octanol–water partition coefficient (Wildman–Crippen LogP) is -0.0461. The van der Waals surface area contributed by atoms with Crippen LogP contribution in [0, 0.1) is 11.8 Å². The topological polar surface area (TPSA) is 143 Å². The van der Waals surface area contributed by atoms with Gasteiger partial charge in [0, 0.05) is 11.5 Å². The molecule has 2 heterocycles. The molecular formula is C21H30O9. The molecule has 3 rings (SSSR count). The zero-order valence-corrected chi connectivity index (χ0v) is 17.1. The third-order valence-corrected chi connectivity index (χ3v) is 6.15. The Labute approximate surface area is 174 Å². The van der Waals surface area contributed by atoms with Gasteiger partial charge in [0.1, 0.15) is 30.5 Å². The van der Waals surface area contributed by atoms with Gasteiger partial charge in [0.25, 0.3) is 0 Å². The largest absolute Gasteiger partial charge is 0.458 e. The molecule has 2 saturated heterocycles. The van der Waals surface area contributed by atoms with E-state index in [1.54, 1.807) is 6.08 Å². The molecule has 0 saturated carbocycles. The van der Waals surface area contributed by atoms with Gasteiger partial charge >= 0.3 is 11.9 Å². The van der Waals surface area contributed by atoms with Crippen molar-refractivity contribution in [3.05, 3.63) is 23.3 Å². The number of hydrogen-bond acceptors (Lipinski definition) is 9. The molecule has 30 heavy (non-hydrogen) atoms. The summed E-state index contributed by atoms with van der Waals surface area (Å²) in [7, 11) is 0. The van der Waals surface area contributed by atoms with Gasteiger partial charge < -0.3 is 34.6 Å². The number of carbonyl (C=O) groups excluding carboxylic acids is 2. The highest BCUT2D eigenvalue weighted by Gasteiger charge is 2.46. The van der Waals surface area contributed by atoms with E-state index in [-0.39, 0.29) is 23.9 Å². The summed E-state index contributed by atoms with van der Waals surface area (Å²) in [4.78, 5) is 24.8. The lowest BCUT2D eigenvalue weighted by Gasteiger charge is -2.39. The van der Waals surface area contributed by atoms with Gasteiger partial charge in [-0.05, 0) is 38.7 Å². The van der Waals surface area contributed by atoms with Gasteiger partial charge in [-0.2, -0.15) is 0 Å². The van der Waals surface area contributed by atoms with Gasteiger partial charge in [-0.1, -0.05) is 18.6 Å². The van der Waals surface area contributed by atoms with E-state index in [1.807, 2.05) is 19.9 Å². The molecule has 3 aliphatic rings. The summed E-state index contributed by atoms with van der Waals surface area (Å²) < 4.78 is 16.0. The Morgan fingerprint density at radius 2 is 1.93 bits per heavy atom. The van der Waals surface area contributed by atoms with Crippen molar-refractivity contribution in [2.45, 2.75) is 76.3 Å². The average molecular weight is 426 g/mol. The van der Waals surface area contributed by atoms with Crippen molar-refractivity contribution in [2.75, 3.05) is 6.61 Å². The standard InChI is InChI=1S/C21H30O9/c1-10-4-3-5-12(6-7-13-11(2)19(26)28-14(13)8-10)20(27)30-21-18(25)17(24)16(23)15(9-22)29-21/h5,8,11,13-18,21-25H,3-4,6-7,9H2,1-2H3/b10-8+,12-5?/t11-,13-,14+,15+,16+,17-,18+,21-/m0/s1. The van der Waals surface area contributed by atoms with Crippen LogP contribution in [0.15, 0.2) is 23.3 Å². The second-order valence-electron chi connectivity index (χ2n) is 8.28. The molecule has 168 valence electrons. The van der Waals surface area contributed by atoms with E-state index >= 15 is 0 Å². The third-order valence-electron chi connectivity index (χ3n) is 6.15. The Balaban J connectivity index is 1.72. The van der Waals surface area contributed by atoms with Crippen LogP contribution < -0.4 is 0 Å². The molecule has 0 spiro atoms. The molecule has 0 aromatic rings. The minimum Gasteiger partial charge on any atom is -0.458 e. The molecule has 8 atom stereocenters. The van der Waals surface area contributed by atoms with Gasteiger partial charge in [0.15, 0.2) is 0 Å². The zero-order chi connectivity index (χ0) is 22.0. The summed E-state index contributed by atoms with van der Waals surface area (Å²) in [5.74, 6) is -1.30. The van der Waals surface area contributed by atoms with Crippen LogP contribution in [-0.2, 0) is 23.8 Å². The van der Waals surface area contributed by atoms with Crippen molar-refractivity contribution >= 4 is 11.9 Å². The van der Waals surface area contributed by atoms with Crippen LogP contribution in [0.4, 0.5) is 0 Å². The van der Waals surface area contributed by atoms with E-state index in [0.717, 1.165) is 5.57 Å². The number of esters is 2. The van der Waals surface area contributed by atoms with Crippen molar-refractivity contribution in [1.29, 1.82) is 0 Å².